The van der Waals surface area contributed by atoms with Gasteiger partial charge in [0.2, 0.25) is 0 Å². The maximum absolute atomic E-state index is 12.9. The number of benzene rings is 3. The molecule has 1 nitrogen and oxygen atoms in total. The Morgan fingerprint density at radius 1 is 0.667 bits per heavy atom. The van der Waals surface area contributed by atoms with Gasteiger partial charge in [0.1, 0.15) is 18.2 Å². The summed E-state index contributed by atoms with van der Waals surface area (Å²) in [5.74, 6) is 0.603. The fourth-order valence-electron chi connectivity index (χ4n) is 2.13. The van der Waals surface area contributed by atoms with E-state index in [2.05, 4.69) is 0 Å². The molecule has 0 aliphatic carbocycles. The molecule has 0 N–H and O–H groups in total. The van der Waals surface area contributed by atoms with Gasteiger partial charge in [-0.25, -0.2) is 4.39 Å². The van der Waals surface area contributed by atoms with Crippen LogP contribution in [0.3, 0.4) is 0 Å². The van der Waals surface area contributed by atoms with Crippen LogP contribution in [-0.2, 0) is 6.61 Å². The maximum Gasteiger partial charge on any atom is 0.123 e. The van der Waals surface area contributed by atoms with E-state index in [0.29, 0.717) is 6.61 Å². The van der Waals surface area contributed by atoms with E-state index in [1.54, 1.807) is 12.1 Å². The molecule has 21 heavy (non-hydrogen) atoms. The summed E-state index contributed by atoms with van der Waals surface area (Å²) in [5.41, 5.74) is 3.17. The molecule has 0 radical (unpaired) electrons. The van der Waals surface area contributed by atoms with E-state index < -0.39 is 0 Å². The van der Waals surface area contributed by atoms with Crippen molar-refractivity contribution in [2.75, 3.05) is 0 Å². The molecule has 2 heteroatoms. The third-order valence-electron chi connectivity index (χ3n) is 3.28. The molecule has 3 aromatic carbocycles. The zero-order chi connectivity index (χ0) is 14.5. The first-order chi connectivity index (χ1) is 10.3. The largest absolute Gasteiger partial charge is 0.489 e. The molecule has 104 valence electrons. The molecule has 0 spiro atoms. The van der Waals surface area contributed by atoms with Gasteiger partial charge in [0, 0.05) is 0 Å². The molecule has 0 unspecified atom stereocenters. The first kappa shape index (κ1) is 13.4. The van der Waals surface area contributed by atoms with Crippen molar-refractivity contribution in [3.63, 3.8) is 0 Å². The first-order valence-corrected chi connectivity index (χ1v) is 6.84. The number of hydrogen-bond acceptors (Lipinski definition) is 1. The van der Waals surface area contributed by atoms with Gasteiger partial charge in [-0.15, -0.1) is 0 Å². The number of ether oxygens (including phenoxy) is 1. The fraction of sp³-hybridized carbons (Fsp3) is 0.0526. The minimum atomic E-state index is -0.221. The van der Waals surface area contributed by atoms with Crippen LogP contribution in [0.2, 0.25) is 0 Å². The highest BCUT2D eigenvalue weighted by Crippen LogP contribution is 2.23. The summed E-state index contributed by atoms with van der Waals surface area (Å²) < 4.78 is 18.7. The summed E-state index contributed by atoms with van der Waals surface area (Å²) in [6, 6.07) is 24.4. The van der Waals surface area contributed by atoms with E-state index in [1.807, 2.05) is 54.6 Å². The topological polar surface area (TPSA) is 9.23 Å². The highest BCUT2D eigenvalue weighted by Gasteiger charge is 2.00. The van der Waals surface area contributed by atoms with Crippen LogP contribution in [0.15, 0.2) is 78.9 Å². The van der Waals surface area contributed by atoms with Gasteiger partial charge in [0.05, 0.1) is 0 Å². The van der Waals surface area contributed by atoms with Crippen LogP contribution >= 0.6 is 0 Å². The SMILES string of the molecule is Fc1ccc(-c2ccc(OCc3ccccc3)cc2)cc1. The Balaban J connectivity index is 1.68. The van der Waals surface area contributed by atoms with Crippen molar-refractivity contribution >= 4 is 0 Å². The van der Waals surface area contributed by atoms with Gasteiger partial charge in [-0.2, -0.15) is 0 Å². The summed E-state index contributed by atoms with van der Waals surface area (Å²) in [6.07, 6.45) is 0. The van der Waals surface area contributed by atoms with Crippen molar-refractivity contribution in [2.24, 2.45) is 0 Å². The summed E-state index contributed by atoms with van der Waals surface area (Å²) in [5, 5.41) is 0. The Hall–Kier alpha value is -2.61. The summed E-state index contributed by atoms with van der Waals surface area (Å²) in [6.45, 7) is 0.552. The minimum Gasteiger partial charge on any atom is -0.489 e. The molecule has 0 amide bonds. The molecule has 3 rings (SSSR count). The third kappa shape index (κ3) is 3.48. The van der Waals surface area contributed by atoms with E-state index >= 15 is 0 Å². The van der Waals surface area contributed by atoms with Crippen LogP contribution in [-0.4, -0.2) is 0 Å². The van der Waals surface area contributed by atoms with Gasteiger partial charge in [0.25, 0.3) is 0 Å². The van der Waals surface area contributed by atoms with Crippen LogP contribution in [0.4, 0.5) is 4.39 Å². The molecule has 0 bridgehead atoms. The number of rotatable bonds is 4. The monoisotopic (exact) mass is 278 g/mol. The van der Waals surface area contributed by atoms with E-state index in [0.717, 1.165) is 22.4 Å². The summed E-state index contributed by atoms with van der Waals surface area (Å²) in [7, 11) is 0. The van der Waals surface area contributed by atoms with Crippen molar-refractivity contribution in [3.8, 4) is 16.9 Å². The van der Waals surface area contributed by atoms with Crippen LogP contribution in [0.1, 0.15) is 5.56 Å². The zero-order valence-electron chi connectivity index (χ0n) is 11.5. The van der Waals surface area contributed by atoms with E-state index in [4.69, 9.17) is 4.74 Å². The molecule has 0 fully saturated rings. The third-order valence-corrected chi connectivity index (χ3v) is 3.28. The predicted molar refractivity (Wildman–Crippen MR) is 82.6 cm³/mol. The minimum absolute atomic E-state index is 0.221. The van der Waals surface area contributed by atoms with Gasteiger partial charge in [0.15, 0.2) is 0 Å². The van der Waals surface area contributed by atoms with Crippen molar-refractivity contribution < 1.29 is 9.13 Å². The van der Waals surface area contributed by atoms with Crippen LogP contribution < -0.4 is 4.74 Å². The molecule has 3 aromatic rings. The Labute approximate surface area is 123 Å². The lowest BCUT2D eigenvalue weighted by Gasteiger charge is -2.07. The molecule has 0 saturated carbocycles. The lowest BCUT2D eigenvalue weighted by Crippen LogP contribution is -1.94. The maximum atomic E-state index is 12.9. The van der Waals surface area contributed by atoms with Gasteiger partial charge >= 0.3 is 0 Å². The Morgan fingerprint density at radius 2 is 1.24 bits per heavy atom. The van der Waals surface area contributed by atoms with Gasteiger partial charge in [-0.1, -0.05) is 54.6 Å². The molecule has 0 heterocycles. The number of halogens is 1. The van der Waals surface area contributed by atoms with Crippen LogP contribution in [0.5, 0.6) is 5.75 Å². The fourth-order valence-corrected chi connectivity index (χ4v) is 2.13. The lowest BCUT2D eigenvalue weighted by atomic mass is 10.1. The van der Waals surface area contributed by atoms with Crippen LogP contribution in [0.25, 0.3) is 11.1 Å². The first-order valence-electron chi connectivity index (χ1n) is 6.84. The van der Waals surface area contributed by atoms with Gasteiger partial charge < -0.3 is 4.74 Å². The molecule has 0 atom stereocenters. The smallest absolute Gasteiger partial charge is 0.123 e. The zero-order valence-corrected chi connectivity index (χ0v) is 11.5. The lowest BCUT2D eigenvalue weighted by molar-refractivity contribution is 0.306. The second-order valence-corrected chi connectivity index (χ2v) is 4.81. The second-order valence-electron chi connectivity index (χ2n) is 4.81. The standard InChI is InChI=1S/C19H15FO/c20-18-10-6-16(7-11-18)17-8-12-19(13-9-17)21-14-15-4-2-1-3-5-15/h1-13H,14H2. The summed E-state index contributed by atoms with van der Waals surface area (Å²) >= 11 is 0. The van der Waals surface area contributed by atoms with Crippen molar-refractivity contribution in [1.82, 2.24) is 0 Å². The van der Waals surface area contributed by atoms with Gasteiger partial charge in [-0.3, -0.25) is 0 Å². The molecule has 0 aliphatic rings. The molecular formula is C19H15FO. The Kier molecular flexibility index (Phi) is 3.97. The highest BCUT2D eigenvalue weighted by molar-refractivity contribution is 5.63. The second kappa shape index (κ2) is 6.23. The van der Waals surface area contributed by atoms with Crippen molar-refractivity contribution in [3.05, 3.63) is 90.2 Å². The average molecular weight is 278 g/mol. The molecule has 0 saturated heterocycles. The van der Waals surface area contributed by atoms with E-state index in [-0.39, 0.29) is 5.82 Å². The Bertz CT molecular complexity index is 688. The average Bonchev–Trinajstić information content (AvgIpc) is 2.55. The highest BCUT2D eigenvalue weighted by atomic mass is 19.1. The van der Waals surface area contributed by atoms with Gasteiger partial charge in [-0.05, 0) is 41.0 Å². The van der Waals surface area contributed by atoms with E-state index in [9.17, 15) is 4.39 Å². The number of hydrogen-bond donors (Lipinski definition) is 0. The van der Waals surface area contributed by atoms with Crippen molar-refractivity contribution in [2.45, 2.75) is 6.61 Å². The van der Waals surface area contributed by atoms with Crippen molar-refractivity contribution in [1.29, 1.82) is 0 Å². The van der Waals surface area contributed by atoms with E-state index in [1.165, 1.54) is 12.1 Å². The summed E-state index contributed by atoms with van der Waals surface area (Å²) in [4.78, 5) is 0. The molecule has 0 aromatic heterocycles. The Morgan fingerprint density at radius 3 is 1.86 bits per heavy atom. The normalized spacial score (nSPS) is 10.3. The predicted octanol–water partition coefficient (Wildman–Crippen LogP) is 5.07. The quantitative estimate of drug-likeness (QED) is 0.647. The van der Waals surface area contributed by atoms with Crippen LogP contribution in [0, 0.1) is 5.82 Å². The molecular weight excluding hydrogens is 263 g/mol. The molecule has 0 aliphatic heterocycles.